The summed E-state index contributed by atoms with van der Waals surface area (Å²) in [5.41, 5.74) is 0. The van der Waals surface area contributed by atoms with Crippen molar-refractivity contribution < 1.29 is 17.5 Å². The van der Waals surface area contributed by atoms with Crippen molar-refractivity contribution in [2.75, 3.05) is 0 Å². The molecule has 0 atom stereocenters. The fraction of sp³-hybridized carbons (Fsp3) is 0. The maximum atomic E-state index is 8.74. The van der Waals surface area contributed by atoms with Gasteiger partial charge >= 0.3 is 10.4 Å². The van der Waals surface area contributed by atoms with Crippen LogP contribution in [0.5, 0.6) is 0 Å². The average molecular weight is 167 g/mol. The van der Waals surface area contributed by atoms with Gasteiger partial charge in [-0.05, 0) is 0 Å². The molecule has 0 unspecified atom stereocenters. The molecule has 0 saturated heterocycles. The molecule has 0 heterocycles. The Labute approximate surface area is 57.7 Å². The standard InChI is InChI=1S/C2N2.H3N.H2O4S/c3-1-2-4;;1-5(2,3)4/h;1H3;(H2,1,2,3,4). The highest BCUT2D eigenvalue weighted by Crippen LogP contribution is 1.59. The first-order valence-electron chi connectivity index (χ1n) is 1.40. The van der Waals surface area contributed by atoms with Crippen LogP contribution in [0.2, 0.25) is 0 Å². The Morgan fingerprint density at radius 3 is 1.20 bits per heavy atom. The first-order chi connectivity index (χ1) is 3.91. The molecule has 0 bridgehead atoms. The first kappa shape index (κ1) is 15.9. The highest BCUT2D eigenvalue weighted by atomic mass is 32.3. The van der Waals surface area contributed by atoms with Gasteiger partial charge in [0.2, 0.25) is 0 Å². The van der Waals surface area contributed by atoms with Crippen molar-refractivity contribution in [3.8, 4) is 12.1 Å². The summed E-state index contributed by atoms with van der Waals surface area (Å²) in [6, 6.07) is 2.47. The number of nitriles is 2. The van der Waals surface area contributed by atoms with E-state index in [2.05, 4.69) is 0 Å². The van der Waals surface area contributed by atoms with Crippen molar-refractivity contribution >= 4 is 10.4 Å². The van der Waals surface area contributed by atoms with Gasteiger partial charge in [0.25, 0.3) is 0 Å². The lowest BCUT2D eigenvalue weighted by Crippen LogP contribution is -1.89. The Balaban J connectivity index is -0.0000000910. The monoisotopic (exact) mass is 167 g/mol. The predicted octanol–water partition coefficient (Wildman–Crippen LogP) is -0.457. The molecule has 0 radical (unpaired) electrons. The molecular formula is C2H5N3O4S. The Morgan fingerprint density at radius 1 is 1.10 bits per heavy atom. The lowest BCUT2D eigenvalue weighted by molar-refractivity contribution is 0.381. The van der Waals surface area contributed by atoms with Gasteiger partial charge in [-0.2, -0.15) is 18.9 Å². The van der Waals surface area contributed by atoms with E-state index in [0.29, 0.717) is 0 Å². The van der Waals surface area contributed by atoms with E-state index in [-0.39, 0.29) is 6.15 Å². The van der Waals surface area contributed by atoms with Crippen LogP contribution in [-0.2, 0) is 10.4 Å². The van der Waals surface area contributed by atoms with Crippen LogP contribution in [0.1, 0.15) is 0 Å². The van der Waals surface area contributed by atoms with Crippen molar-refractivity contribution in [1.82, 2.24) is 6.15 Å². The van der Waals surface area contributed by atoms with E-state index in [0.717, 1.165) is 0 Å². The molecule has 5 N–H and O–H groups in total. The van der Waals surface area contributed by atoms with Crippen LogP contribution < -0.4 is 6.15 Å². The maximum absolute atomic E-state index is 8.74. The fourth-order valence-electron chi connectivity index (χ4n) is 0. The molecule has 0 amide bonds. The van der Waals surface area contributed by atoms with E-state index in [4.69, 9.17) is 28.0 Å². The highest BCUT2D eigenvalue weighted by Gasteiger charge is 1.84. The first-order valence-corrected chi connectivity index (χ1v) is 2.79. The van der Waals surface area contributed by atoms with Crippen molar-refractivity contribution in [1.29, 1.82) is 10.5 Å². The molecule has 10 heavy (non-hydrogen) atoms. The van der Waals surface area contributed by atoms with Crippen LogP contribution in [0.3, 0.4) is 0 Å². The second kappa shape index (κ2) is 7.81. The smallest absolute Gasteiger partial charge is 0.344 e. The minimum atomic E-state index is -4.67. The summed E-state index contributed by atoms with van der Waals surface area (Å²) in [5.74, 6) is 0. The second-order valence-electron chi connectivity index (χ2n) is 0.671. The molecule has 0 aliphatic rings. The summed E-state index contributed by atoms with van der Waals surface area (Å²) in [5, 5.41) is 14.5. The molecular weight excluding hydrogens is 162 g/mol. The SMILES string of the molecule is N.N#CC#N.O=S(=O)(O)O. The minimum Gasteiger partial charge on any atom is -0.344 e. The van der Waals surface area contributed by atoms with E-state index in [1.807, 2.05) is 0 Å². The van der Waals surface area contributed by atoms with Gasteiger partial charge in [0, 0.05) is 0 Å². The van der Waals surface area contributed by atoms with Crippen LogP contribution in [0.15, 0.2) is 0 Å². The van der Waals surface area contributed by atoms with Gasteiger partial charge in [-0.25, -0.2) is 0 Å². The zero-order valence-corrected chi connectivity index (χ0v) is 5.54. The van der Waals surface area contributed by atoms with E-state index in [9.17, 15) is 0 Å². The summed E-state index contributed by atoms with van der Waals surface area (Å²) in [6.07, 6.45) is 0. The fourth-order valence-corrected chi connectivity index (χ4v) is 0. The Hall–Kier alpha value is -1.19. The number of hydrogen-bond donors (Lipinski definition) is 3. The molecule has 0 saturated carbocycles. The summed E-state index contributed by atoms with van der Waals surface area (Å²) in [6.45, 7) is 0. The number of nitrogens with zero attached hydrogens (tertiary/aromatic N) is 2. The summed E-state index contributed by atoms with van der Waals surface area (Å²) in [7, 11) is -4.67. The van der Waals surface area contributed by atoms with Gasteiger partial charge in [0.05, 0.1) is 0 Å². The molecule has 0 fully saturated rings. The largest absolute Gasteiger partial charge is 0.394 e. The molecule has 0 aromatic heterocycles. The van der Waals surface area contributed by atoms with Crippen LogP contribution in [0, 0.1) is 22.7 Å². The van der Waals surface area contributed by atoms with Gasteiger partial charge in [-0.15, -0.1) is 0 Å². The average Bonchev–Trinajstić information content (AvgIpc) is 1.61. The third kappa shape index (κ3) is 6370. The zero-order valence-electron chi connectivity index (χ0n) is 4.72. The Kier molecular flexibility index (Phi) is 12.4. The van der Waals surface area contributed by atoms with Gasteiger partial charge in [-0.1, -0.05) is 0 Å². The Bertz CT molecular complexity index is 210. The minimum absolute atomic E-state index is 0. The van der Waals surface area contributed by atoms with Crippen molar-refractivity contribution in [3.05, 3.63) is 0 Å². The zero-order chi connectivity index (χ0) is 7.91. The Morgan fingerprint density at radius 2 is 1.20 bits per heavy atom. The number of hydrogen-bond acceptors (Lipinski definition) is 5. The number of rotatable bonds is 0. The van der Waals surface area contributed by atoms with Gasteiger partial charge in [-0.3, -0.25) is 9.11 Å². The molecule has 7 nitrogen and oxygen atoms in total. The second-order valence-corrected chi connectivity index (χ2v) is 1.57. The van der Waals surface area contributed by atoms with E-state index in [1.165, 1.54) is 12.1 Å². The van der Waals surface area contributed by atoms with Crippen molar-refractivity contribution in [3.63, 3.8) is 0 Å². The van der Waals surface area contributed by atoms with Gasteiger partial charge in [0.1, 0.15) is 0 Å². The molecule has 0 aromatic rings. The quantitative estimate of drug-likeness (QED) is 0.412. The highest BCUT2D eigenvalue weighted by molar-refractivity contribution is 7.79. The third-order valence-electron chi connectivity index (χ3n) is 0.0500. The van der Waals surface area contributed by atoms with Crippen LogP contribution >= 0.6 is 0 Å². The lowest BCUT2D eigenvalue weighted by Gasteiger charge is -1.68. The molecule has 58 valence electrons. The summed E-state index contributed by atoms with van der Waals surface area (Å²) >= 11 is 0. The van der Waals surface area contributed by atoms with Crippen molar-refractivity contribution in [2.24, 2.45) is 0 Å². The van der Waals surface area contributed by atoms with E-state index >= 15 is 0 Å². The van der Waals surface area contributed by atoms with Crippen molar-refractivity contribution in [2.45, 2.75) is 0 Å². The van der Waals surface area contributed by atoms with Gasteiger partial charge < -0.3 is 6.15 Å². The lowest BCUT2D eigenvalue weighted by atomic mass is 10.9. The summed E-state index contributed by atoms with van der Waals surface area (Å²) < 4.78 is 31.6. The maximum Gasteiger partial charge on any atom is 0.394 e. The molecule has 0 spiro atoms. The third-order valence-corrected chi connectivity index (χ3v) is 0.0500. The van der Waals surface area contributed by atoms with Crippen LogP contribution in [0.25, 0.3) is 0 Å². The molecule has 0 aliphatic heterocycles. The molecule has 0 rings (SSSR count). The van der Waals surface area contributed by atoms with Gasteiger partial charge in [0.15, 0.2) is 12.1 Å². The molecule has 0 aliphatic carbocycles. The molecule has 0 aromatic carbocycles. The summed E-state index contributed by atoms with van der Waals surface area (Å²) in [4.78, 5) is 0. The molecule has 8 heteroatoms. The van der Waals surface area contributed by atoms with Crippen LogP contribution in [-0.4, -0.2) is 17.5 Å². The van der Waals surface area contributed by atoms with E-state index < -0.39 is 10.4 Å². The van der Waals surface area contributed by atoms with Crippen LogP contribution in [0.4, 0.5) is 0 Å². The predicted molar refractivity (Wildman–Crippen MR) is 30.4 cm³/mol. The normalized spacial score (nSPS) is 6.80. The van der Waals surface area contributed by atoms with E-state index in [1.54, 1.807) is 0 Å². The topological polar surface area (TPSA) is 157 Å².